The zero-order valence-corrected chi connectivity index (χ0v) is 17.8. The number of aliphatic imine (C=N–C) groups is 1. The maximum Gasteiger partial charge on any atom is 0.341 e. The fourth-order valence-electron chi connectivity index (χ4n) is 3.23. The smallest absolute Gasteiger partial charge is 0.341 e. The van der Waals surface area contributed by atoms with Crippen LogP contribution in [0.15, 0.2) is 17.1 Å². The van der Waals surface area contributed by atoms with Crippen LogP contribution in [-0.2, 0) is 17.7 Å². The fraction of sp³-hybridized carbons (Fsp3) is 0.400. The third-order valence-corrected chi connectivity index (χ3v) is 5.75. The molecule has 0 saturated carbocycles. The van der Waals surface area contributed by atoms with E-state index < -0.39 is 10.9 Å². The molecule has 1 aromatic heterocycles. The van der Waals surface area contributed by atoms with E-state index in [1.807, 2.05) is 7.05 Å². The van der Waals surface area contributed by atoms with E-state index in [9.17, 15) is 20.0 Å². The van der Waals surface area contributed by atoms with Gasteiger partial charge in [-0.3, -0.25) is 10.1 Å². The number of benzene rings is 1. The number of rotatable bonds is 7. The Kier molecular flexibility index (Phi) is 6.68. The molecule has 1 N–H and O–H groups in total. The number of nitro groups is 1. The fourth-order valence-corrected chi connectivity index (χ4v) is 4.49. The van der Waals surface area contributed by atoms with Crippen molar-refractivity contribution in [3.63, 3.8) is 0 Å². The van der Waals surface area contributed by atoms with Crippen LogP contribution in [0.2, 0.25) is 0 Å². The summed E-state index contributed by atoms with van der Waals surface area (Å²) in [6, 6.07) is 2.38. The van der Waals surface area contributed by atoms with Crippen molar-refractivity contribution in [1.29, 1.82) is 0 Å². The molecule has 10 heteroatoms. The third kappa shape index (κ3) is 4.44. The summed E-state index contributed by atoms with van der Waals surface area (Å²) in [5, 5.41) is 22.1. The van der Waals surface area contributed by atoms with Crippen LogP contribution in [0.25, 0.3) is 0 Å². The third-order valence-electron chi connectivity index (χ3n) is 4.63. The van der Waals surface area contributed by atoms with Crippen LogP contribution in [0.3, 0.4) is 0 Å². The Balaban J connectivity index is 2.06. The van der Waals surface area contributed by atoms with E-state index in [-0.39, 0.29) is 36.0 Å². The standard InChI is InChI=1S/C20H23N3O6S/c1-4-28-15-9-13(23(26)27)8-12(18(15)24)10-21-19-17(20(25)29-5-2)14-6-7-22(3)11-16(14)30-19/h8-10,24H,4-7,11H2,1-3H3. The molecule has 0 saturated heterocycles. The Morgan fingerprint density at radius 3 is 2.83 bits per heavy atom. The molecule has 0 spiro atoms. The van der Waals surface area contributed by atoms with Gasteiger partial charge >= 0.3 is 5.97 Å². The Morgan fingerprint density at radius 1 is 1.40 bits per heavy atom. The number of phenols is 1. The maximum atomic E-state index is 12.6. The normalized spacial score (nSPS) is 14.0. The van der Waals surface area contributed by atoms with Gasteiger partial charge in [0.25, 0.3) is 5.69 Å². The molecular formula is C20H23N3O6S. The lowest BCUT2D eigenvalue weighted by atomic mass is 10.0. The number of likely N-dealkylation sites (N-methyl/N-ethyl adjacent to an activating group) is 1. The minimum Gasteiger partial charge on any atom is -0.504 e. The van der Waals surface area contributed by atoms with Crippen LogP contribution in [-0.4, -0.2) is 53.9 Å². The summed E-state index contributed by atoms with van der Waals surface area (Å²) < 4.78 is 10.5. The van der Waals surface area contributed by atoms with Crippen LogP contribution in [0, 0.1) is 10.1 Å². The van der Waals surface area contributed by atoms with E-state index in [0.717, 1.165) is 17.0 Å². The average Bonchev–Trinajstić information content (AvgIpc) is 3.06. The van der Waals surface area contributed by atoms with Gasteiger partial charge in [-0.05, 0) is 32.9 Å². The first-order chi connectivity index (χ1) is 14.3. The molecule has 1 aromatic carbocycles. The number of hydrogen-bond acceptors (Lipinski definition) is 9. The molecule has 0 unspecified atom stereocenters. The summed E-state index contributed by atoms with van der Waals surface area (Å²) in [5.74, 6) is -0.680. The van der Waals surface area contributed by atoms with Gasteiger partial charge in [0.05, 0.1) is 29.8 Å². The molecule has 3 rings (SSSR count). The SMILES string of the molecule is CCOC(=O)c1c(N=Cc2cc([N+](=O)[O-])cc(OCC)c2O)sc2c1CCN(C)C2. The molecule has 160 valence electrons. The van der Waals surface area contributed by atoms with Crippen molar-refractivity contribution in [2.45, 2.75) is 26.8 Å². The van der Waals surface area contributed by atoms with Crippen molar-refractivity contribution in [1.82, 2.24) is 4.90 Å². The molecular weight excluding hydrogens is 410 g/mol. The van der Waals surface area contributed by atoms with E-state index in [1.165, 1.54) is 29.7 Å². The second-order valence-electron chi connectivity index (χ2n) is 6.72. The number of thiophene rings is 1. The van der Waals surface area contributed by atoms with Gasteiger partial charge in [-0.15, -0.1) is 11.3 Å². The van der Waals surface area contributed by atoms with E-state index in [0.29, 0.717) is 23.5 Å². The monoisotopic (exact) mass is 433 g/mol. The van der Waals surface area contributed by atoms with E-state index in [2.05, 4.69) is 9.89 Å². The molecule has 0 aliphatic carbocycles. The van der Waals surface area contributed by atoms with Crippen molar-refractivity contribution < 1.29 is 24.3 Å². The topological polar surface area (TPSA) is 114 Å². The molecule has 1 aliphatic heterocycles. The summed E-state index contributed by atoms with van der Waals surface area (Å²) in [5.41, 5.74) is 1.26. The molecule has 0 amide bonds. The number of carbonyl (C=O) groups is 1. The first-order valence-corrected chi connectivity index (χ1v) is 10.4. The molecule has 0 atom stereocenters. The summed E-state index contributed by atoms with van der Waals surface area (Å²) in [6.45, 7) is 5.47. The Bertz CT molecular complexity index is 1000. The van der Waals surface area contributed by atoms with Crippen molar-refractivity contribution in [3.05, 3.63) is 43.8 Å². The van der Waals surface area contributed by atoms with Gasteiger partial charge in [-0.1, -0.05) is 0 Å². The largest absolute Gasteiger partial charge is 0.504 e. The highest BCUT2D eigenvalue weighted by Gasteiger charge is 2.27. The average molecular weight is 433 g/mol. The molecule has 9 nitrogen and oxygen atoms in total. The van der Waals surface area contributed by atoms with Crippen LogP contribution < -0.4 is 4.74 Å². The van der Waals surface area contributed by atoms with Gasteiger partial charge in [0, 0.05) is 35.8 Å². The highest BCUT2D eigenvalue weighted by atomic mass is 32.1. The lowest BCUT2D eigenvalue weighted by Gasteiger charge is -2.22. The maximum absolute atomic E-state index is 12.6. The second-order valence-corrected chi connectivity index (χ2v) is 7.81. The first-order valence-electron chi connectivity index (χ1n) is 9.54. The molecule has 0 radical (unpaired) electrons. The van der Waals surface area contributed by atoms with Crippen LogP contribution in [0.1, 0.15) is 40.2 Å². The van der Waals surface area contributed by atoms with Gasteiger partial charge in [0.2, 0.25) is 0 Å². The van der Waals surface area contributed by atoms with Gasteiger partial charge < -0.3 is 19.5 Å². The molecule has 0 fully saturated rings. The second kappa shape index (κ2) is 9.23. The Morgan fingerprint density at radius 2 is 2.17 bits per heavy atom. The summed E-state index contributed by atoms with van der Waals surface area (Å²) in [4.78, 5) is 30.8. The molecule has 0 bridgehead atoms. The number of hydrogen-bond donors (Lipinski definition) is 1. The Labute approximate surface area is 177 Å². The lowest BCUT2D eigenvalue weighted by Crippen LogP contribution is -2.26. The minimum atomic E-state index is -0.566. The minimum absolute atomic E-state index is 0.00543. The zero-order chi connectivity index (χ0) is 21.8. The van der Waals surface area contributed by atoms with Gasteiger partial charge in [0.15, 0.2) is 11.5 Å². The highest BCUT2D eigenvalue weighted by Crippen LogP contribution is 2.40. The van der Waals surface area contributed by atoms with Crippen molar-refractivity contribution in [2.24, 2.45) is 4.99 Å². The van der Waals surface area contributed by atoms with E-state index >= 15 is 0 Å². The molecule has 1 aliphatic rings. The number of nitrogens with zero attached hydrogens (tertiary/aromatic N) is 3. The van der Waals surface area contributed by atoms with E-state index in [1.54, 1.807) is 13.8 Å². The zero-order valence-electron chi connectivity index (χ0n) is 17.0. The lowest BCUT2D eigenvalue weighted by molar-refractivity contribution is -0.385. The number of ether oxygens (including phenoxy) is 2. The molecule has 2 aromatic rings. The highest BCUT2D eigenvalue weighted by molar-refractivity contribution is 7.16. The predicted molar refractivity (Wildman–Crippen MR) is 113 cm³/mol. The number of non-ortho nitro benzene ring substituents is 1. The number of esters is 1. The van der Waals surface area contributed by atoms with Gasteiger partial charge in [-0.2, -0.15) is 0 Å². The summed E-state index contributed by atoms with van der Waals surface area (Å²) in [7, 11) is 2.01. The van der Waals surface area contributed by atoms with Crippen molar-refractivity contribution >= 4 is 34.2 Å². The summed E-state index contributed by atoms with van der Waals surface area (Å²) in [6.07, 6.45) is 2.02. The number of nitro benzene ring substituents is 1. The first kappa shape index (κ1) is 21.7. The van der Waals surface area contributed by atoms with Crippen LogP contribution >= 0.6 is 11.3 Å². The van der Waals surface area contributed by atoms with Crippen LogP contribution in [0.4, 0.5) is 10.7 Å². The summed E-state index contributed by atoms with van der Waals surface area (Å²) >= 11 is 1.38. The van der Waals surface area contributed by atoms with E-state index in [4.69, 9.17) is 9.47 Å². The quantitative estimate of drug-likeness (QED) is 0.307. The van der Waals surface area contributed by atoms with Gasteiger partial charge in [0.1, 0.15) is 5.00 Å². The number of carbonyl (C=O) groups excluding carboxylic acids is 1. The molecule has 30 heavy (non-hydrogen) atoms. The van der Waals surface area contributed by atoms with Crippen molar-refractivity contribution in [3.8, 4) is 11.5 Å². The number of aromatic hydroxyl groups is 1. The Hall–Kier alpha value is -2.98. The van der Waals surface area contributed by atoms with Crippen molar-refractivity contribution in [2.75, 3.05) is 26.8 Å². The van der Waals surface area contributed by atoms with Gasteiger partial charge in [-0.25, -0.2) is 9.79 Å². The predicted octanol–water partition coefficient (Wildman–Crippen LogP) is 3.68. The number of fused-ring (bicyclic) bond motifs is 1. The van der Waals surface area contributed by atoms with Crippen LogP contribution in [0.5, 0.6) is 11.5 Å². The molecule has 2 heterocycles. The number of phenolic OH excluding ortho intramolecular Hbond substituents is 1.